The van der Waals surface area contributed by atoms with Gasteiger partial charge in [-0.3, -0.25) is 0 Å². The maximum Gasteiger partial charge on any atom is 0.178 e. The van der Waals surface area contributed by atoms with Crippen molar-refractivity contribution in [3.8, 4) is 5.75 Å². The van der Waals surface area contributed by atoms with E-state index in [0.717, 1.165) is 77.9 Å². The predicted octanol–water partition coefficient (Wildman–Crippen LogP) is 12.8. The van der Waals surface area contributed by atoms with Crippen molar-refractivity contribution in [2.24, 2.45) is 0 Å². The molecule has 0 aliphatic heterocycles. The Labute approximate surface area is 284 Å². The Morgan fingerprint density at radius 1 is 0.510 bits per heavy atom. The molecule has 0 amide bonds. The Bertz CT molecular complexity index is 2920. The second-order valence-corrected chi connectivity index (χ2v) is 17.3. The minimum Gasteiger partial charge on any atom is -0.493 e. The van der Waals surface area contributed by atoms with Gasteiger partial charge in [0, 0.05) is 72.4 Å². The zero-order chi connectivity index (χ0) is 34.1. The minimum atomic E-state index is -0.201. The van der Waals surface area contributed by atoms with Crippen molar-refractivity contribution in [2.45, 2.75) is 85.1 Å². The maximum atomic E-state index is 7.14. The average molecular weight is 648 g/mol. The molecule has 0 saturated heterocycles. The first kappa shape index (κ1) is 29.1. The summed E-state index contributed by atoms with van der Waals surface area (Å²) in [6.07, 6.45) is 0. The summed E-state index contributed by atoms with van der Waals surface area (Å²) >= 11 is 0. The predicted molar refractivity (Wildman–Crippen MR) is 203 cm³/mol. The summed E-state index contributed by atoms with van der Waals surface area (Å²) in [4.78, 5) is 0. The third-order valence-corrected chi connectivity index (χ3v) is 11.0. The van der Waals surface area contributed by atoms with E-state index in [4.69, 9.17) is 18.0 Å². The van der Waals surface area contributed by atoms with Crippen molar-refractivity contribution in [3.63, 3.8) is 0 Å². The number of benzene rings is 5. The molecule has 0 spiro atoms. The highest BCUT2D eigenvalue weighted by Gasteiger charge is 2.36. The highest BCUT2D eigenvalue weighted by atomic mass is 16.5. The largest absolute Gasteiger partial charge is 0.493 e. The Morgan fingerprint density at radius 3 is 1.47 bits per heavy atom. The molecule has 0 N–H and O–H groups in total. The van der Waals surface area contributed by atoms with Crippen LogP contribution in [0.1, 0.15) is 84.6 Å². The van der Waals surface area contributed by atoms with E-state index >= 15 is 0 Å². The molecule has 0 unspecified atom stereocenters. The molecule has 10 rings (SSSR count). The normalized spacial score (nSPS) is 14.0. The fourth-order valence-corrected chi connectivity index (χ4v) is 8.73. The fourth-order valence-electron chi connectivity index (χ4n) is 8.73. The van der Waals surface area contributed by atoms with Crippen LogP contribution in [0.5, 0.6) is 5.75 Å². The van der Waals surface area contributed by atoms with E-state index in [1.807, 2.05) is 6.07 Å². The van der Waals surface area contributed by atoms with Crippen molar-refractivity contribution >= 4 is 87.6 Å². The quantitative estimate of drug-likeness (QED) is 0.191. The monoisotopic (exact) mass is 647 g/mol. The van der Waals surface area contributed by atoms with Crippen LogP contribution < -0.4 is 4.74 Å². The molecule has 0 atom stereocenters. The standard InChI is InChI=1S/C44H41NO4/c1-42(2,3)22-16-25-30-31-26(45(25)20-21-14-12-11-13-15-21)17-23(43(4,5)6)39-35(31)33-28(48-39)19-29(46-10)41-37(33)36-32-27(47-38(22)34(30)32)18-24(40(36)49-41)44(7,8)9/h11-19H,20H2,1-10H3. The second kappa shape index (κ2) is 8.81. The first-order chi connectivity index (χ1) is 23.2. The SMILES string of the molecule is COc1cc2oc3c(C(C)(C)C)cc4c5c3c2c2c1oc1c(C(C)(C)C)cc3oc6c(C(C)(C)C)cc(c5c6c3c12)n4Cc1ccccc1. The third kappa shape index (κ3) is 3.56. The third-order valence-electron chi connectivity index (χ3n) is 11.0. The Kier molecular flexibility index (Phi) is 5.23. The summed E-state index contributed by atoms with van der Waals surface area (Å²) in [5, 5.41) is 9.09. The van der Waals surface area contributed by atoms with Gasteiger partial charge in [-0.1, -0.05) is 92.6 Å². The van der Waals surface area contributed by atoms with Crippen molar-refractivity contribution < 1.29 is 18.0 Å². The molecule has 5 heteroatoms. The molecule has 0 aliphatic rings. The number of nitrogens with zero attached hydrogens (tertiary/aromatic N) is 1. The number of methoxy groups -OCH3 is 1. The van der Waals surface area contributed by atoms with E-state index in [1.165, 1.54) is 38.5 Å². The molecular weight excluding hydrogens is 606 g/mol. The van der Waals surface area contributed by atoms with Gasteiger partial charge in [0.25, 0.3) is 0 Å². The highest BCUT2D eigenvalue weighted by molar-refractivity contribution is 6.45. The van der Waals surface area contributed by atoms with Crippen LogP contribution in [0.4, 0.5) is 0 Å². The van der Waals surface area contributed by atoms with E-state index in [-0.39, 0.29) is 16.2 Å². The van der Waals surface area contributed by atoms with E-state index < -0.39 is 0 Å². The van der Waals surface area contributed by atoms with Gasteiger partial charge in [-0.05, 0) is 40.0 Å². The van der Waals surface area contributed by atoms with E-state index in [9.17, 15) is 0 Å². The van der Waals surface area contributed by atoms with Crippen LogP contribution in [0.3, 0.4) is 0 Å². The van der Waals surface area contributed by atoms with Gasteiger partial charge in [-0.2, -0.15) is 0 Å². The number of hydrogen-bond donors (Lipinski definition) is 0. The van der Waals surface area contributed by atoms with Gasteiger partial charge in [-0.15, -0.1) is 0 Å². The lowest BCUT2D eigenvalue weighted by molar-refractivity contribution is 0.411. The summed E-state index contributed by atoms with van der Waals surface area (Å²) in [6, 6.07) is 19.9. The first-order valence-electron chi connectivity index (χ1n) is 17.4. The lowest BCUT2D eigenvalue weighted by Gasteiger charge is -2.20. The zero-order valence-corrected chi connectivity index (χ0v) is 30.0. The van der Waals surface area contributed by atoms with Crippen molar-refractivity contribution in [2.75, 3.05) is 7.11 Å². The van der Waals surface area contributed by atoms with Gasteiger partial charge in [0.15, 0.2) is 11.3 Å². The lowest BCUT2D eigenvalue weighted by Crippen LogP contribution is -2.12. The number of rotatable bonds is 3. The maximum absolute atomic E-state index is 7.14. The van der Waals surface area contributed by atoms with Crippen LogP contribution in [-0.2, 0) is 22.8 Å². The van der Waals surface area contributed by atoms with Crippen LogP contribution in [0.15, 0.2) is 67.8 Å². The van der Waals surface area contributed by atoms with Gasteiger partial charge in [-0.25, -0.2) is 0 Å². The number of furan rings is 3. The fraction of sp³-hybridized carbons (Fsp3) is 0.318. The second-order valence-electron chi connectivity index (χ2n) is 17.3. The highest BCUT2D eigenvalue weighted by Crippen LogP contribution is 2.57. The summed E-state index contributed by atoms with van der Waals surface area (Å²) in [6.45, 7) is 21.2. The molecule has 4 heterocycles. The smallest absolute Gasteiger partial charge is 0.178 e. The van der Waals surface area contributed by atoms with E-state index in [1.54, 1.807) is 7.11 Å². The molecule has 0 fully saturated rings. The molecule has 5 nitrogen and oxygen atoms in total. The van der Waals surface area contributed by atoms with E-state index in [2.05, 4.69) is 115 Å². The Hall–Kier alpha value is -4.90. The molecule has 0 aliphatic carbocycles. The van der Waals surface area contributed by atoms with Crippen LogP contribution in [0.25, 0.3) is 87.6 Å². The number of hydrogen-bond acceptors (Lipinski definition) is 4. The summed E-state index contributed by atoms with van der Waals surface area (Å²) in [5.41, 5.74) is 11.9. The van der Waals surface area contributed by atoms with E-state index in [0.29, 0.717) is 5.75 Å². The zero-order valence-electron chi connectivity index (χ0n) is 30.0. The van der Waals surface area contributed by atoms with Gasteiger partial charge in [0.05, 0.1) is 18.1 Å². The Balaban J connectivity index is 1.61. The molecule has 49 heavy (non-hydrogen) atoms. The first-order valence-corrected chi connectivity index (χ1v) is 17.4. The molecule has 0 saturated carbocycles. The summed E-state index contributed by atoms with van der Waals surface area (Å²) in [5.74, 6) is 0.676. The van der Waals surface area contributed by atoms with Crippen LogP contribution >= 0.6 is 0 Å². The Morgan fingerprint density at radius 2 is 0.959 bits per heavy atom. The minimum absolute atomic E-state index is 0.175. The molecule has 10 aromatic rings. The van der Waals surface area contributed by atoms with Crippen molar-refractivity contribution in [1.82, 2.24) is 4.57 Å². The number of aromatic nitrogens is 1. The van der Waals surface area contributed by atoms with Crippen molar-refractivity contribution in [1.29, 1.82) is 0 Å². The van der Waals surface area contributed by atoms with Crippen LogP contribution in [-0.4, -0.2) is 11.7 Å². The van der Waals surface area contributed by atoms with Gasteiger partial charge < -0.3 is 22.6 Å². The summed E-state index contributed by atoms with van der Waals surface area (Å²) in [7, 11) is 1.72. The molecule has 246 valence electrons. The summed E-state index contributed by atoms with van der Waals surface area (Å²) < 4.78 is 29.8. The molecule has 6 aromatic carbocycles. The van der Waals surface area contributed by atoms with Gasteiger partial charge in [0.1, 0.15) is 27.9 Å². The molecule has 4 aromatic heterocycles. The van der Waals surface area contributed by atoms with Crippen molar-refractivity contribution in [3.05, 3.63) is 76.9 Å². The molecular formula is C44H41NO4. The molecule has 0 radical (unpaired) electrons. The molecule has 0 bridgehead atoms. The van der Waals surface area contributed by atoms with Gasteiger partial charge >= 0.3 is 0 Å². The van der Waals surface area contributed by atoms with Crippen LogP contribution in [0.2, 0.25) is 0 Å². The van der Waals surface area contributed by atoms with Gasteiger partial charge in [0.2, 0.25) is 0 Å². The van der Waals surface area contributed by atoms with Crippen LogP contribution in [0, 0.1) is 0 Å². The number of ether oxygens (including phenoxy) is 1. The topological polar surface area (TPSA) is 53.6 Å². The average Bonchev–Trinajstić information content (AvgIpc) is 3.76. The lowest BCUT2D eigenvalue weighted by atomic mass is 9.81.